The average Bonchev–Trinajstić information content (AvgIpc) is 0.846. The van der Waals surface area contributed by atoms with Crippen molar-refractivity contribution in [2.45, 2.75) is 255 Å². The smallest absolute Gasteiger partial charge is 0.326 e. The number of hydrogen-bond acceptors (Lipinski definition) is 26. The van der Waals surface area contributed by atoms with Gasteiger partial charge < -0.3 is 143 Å². The minimum absolute atomic E-state index is 0.0352. The molecule has 0 unspecified atom stereocenters. The van der Waals surface area contributed by atoms with Crippen LogP contribution < -0.4 is 97.4 Å². The molecule has 0 heterocycles. The van der Waals surface area contributed by atoms with Crippen LogP contribution in [0, 0.1) is 11.8 Å². The Bertz CT molecular complexity index is 3830. The van der Waals surface area contributed by atoms with Crippen LogP contribution in [0.25, 0.3) is 0 Å². The van der Waals surface area contributed by atoms with E-state index in [1.54, 1.807) is 45.9 Å². The largest absolute Gasteiger partial charge is 0.508 e. The number of aliphatic carboxylic acids is 3. The Hall–Kier alpha value is -11.8. The third-order valence-electron chi connectivity index (χ3n) is 18.7. The number of guanidine groups is 1. The molecule has 0 aliphatic rings. The Kier molecular flexibility index (Phi) is 46.7. The molecule has 31 N–H and O–H groups in total. The van der Waals surface area contributed by atoms with Gasteiger partial charge in [-0.25, -0.2) is 4.79 Å². The lowest BCUT2D eigenvalue weighted by molar-refractivity contribution is -0.143. The maximum Gasteiger partial charge on any atom is 0.326 e. The number of aliphatic hydroxyl groups excluding tert-OH is 5. The second-order valence-corrected chi connectivity index (χ2v) is 29.6. The van der Waals surface area contributed by atoms with Crippen LogP contribution in [-0.2, 0) is 94.3 Å². The number of phenolic OH excluding ortho intramolecular Hbond substituents is 1. The van der Waals surface area contributed by atoms with Gasteiger partial charge >= 0.3 is 17.9 Å². The van der Waals surface area contributed by atoms with E-state index in [9.17, 15) is 122 Å². The zero-order valence-electron chi connectivity index (χ0n) is 69.0. The van der Waals surface area contributed by atoms with E-state index in [4.69, 9.17) is 28.0 Å². The molecule has 45 nitrogen and oxygen atoms in total. The Morgan fingerprint density at radius 2 is 0.810 bits per heavy atom. The number of benzene rings is 2. The standard InChI is InChI=1S/C76H121N19O26/c1-10-37(4)57(91-63(108)46(78)19-14-15-29-77)70(115)89-50(31-36(2)3)67(112)92-59(40(7)98)72(117)86-48(25-27-55(103)104)65(110)85-47(20-16-30-81-76(79)80)64(109)82-34-54(102)84-51(33-44-21-23-45(101)24-22-44)66(111)90-53(35-96)69(114)88-52(32-43-17-12-11-13-18-43)68(113)93-60(41(8)99)73(118)95-61(42(9)100)74(119)94-58(39(6)97)71(116)83-38(5)62(107)87-49(75(120)121)26-28-56(105)106/h11-13,17-18,21-24,36-42,46-53,57-61,96-101H,10,14-16,19-20,25-35,77-78H2,1-9H3,(H,82,109)(H,83,116)(H,84,102)(H,85,110)(H,86,117)(H,87,107)(H,88,114)(H,89,115)(H,90,111)(H,91,108)(H,92,112)(H,93,113)(H,94,119)(H,95,118)(H,103,104)(H,105,106)(H,120,121)(H4,79,80,81)/t37-,38-,39+,40+,41+,42+,46-,47-,48-,49-,50-,51-,52-,53-,57-,58-,59-,60-,61-/m0/s1. The highest BCUT2D eigenvalue weighted by Gasteiger charge is 2.41. The highest BCUT2D eigenvalue weighted by atomic mass is 16.4. The number of carbonyl (C=O) groups is 17. The summed E-state index contributed by atoms with van der Waals surface area (Å²) in [4.78, 5) is 234. The number of aromatic hydroxyl groups is 1. The van der Waals surface area contributed by atoms with E-state index in [1.165, 1.54) is 36.4 Å². The third kappa shape index (κ3) is 38.9. The number of aliphatic hydroxyl groups is 5. The van der Waals surface area contributed by atoms with Crippen molar-refractivity contribution < 1.29 is 127 Å². The maximum absolute atomic E-state index is 14.4. The number of aliphatic imine (C=N–C) groups is 1. The molecule has 0 fully saturated rings. The molecule has 19 atom stereocenters. The zero-order chi connectivity index (χ0) is 91.7. The van der Waals surface area contributed by atoms with Crippen LogP contribution in [0.15, 0.2) is 59.6 Å². The first-order chi connectivity index (χ1) is 56.7. The summed E-state index contributed by atoms with van der Waals surface area (Å²) in [5.74, 6) is -21.6. The van der Waals surface area contributed by atoms with Gasteiger partial charge in [-0.3, -0.25) is 81.7 Å². The molecule has 121 heavy (non-hydrogen) atoms. The summed E-state index contributed by atoms with van der Waals surface area (Å²) < 4.78 is 0. The van der Waals surface area contributed by atoms with Crippen LogP contribution in [0.4, 0.5) is 0 Å². The maximum atomic E-state index is 14.4. The molecule has 0 bridgehead atoms. The number of hydrogen-bond donors (Lipinski definition) is 27. The lowest BCUT2D eigenvalue weighted by Crippen LogP contribution is -2.64. The monoisotopic (exact) mass is 1720 g/mol. The number of carboxylic acids is 3. The number of nitrogens with two attached hydrogens (primary N) is 4. The van der Waals surface area contributed by atoms with Crippen molar-refractivity contribution in [3.05, 3.63) is 65.7 Å². The van der Waals surface area contributed by atoms with E-state index < -0.39 is 267 Å². The van der Waals surface area contributed by atoms with Gasteiger partial charge in [0, 0.05) is 32.2 Å². The summed E-state index contributed by atoms with van der Waals surface area (Å²) >= 11 is 0. The van der Waals surface area contributed by atoms with Crippen molar-refractivity contribution in [3.8, 4) is 5.75 Å². The molecule has 0 aliphatic carbocycles. The van der Waals surface area contributed by atoms with Gasteiger partial charge in [0.2, 0.25) is 82.7 Å². The number of phenols is 1. The number of nitrogens with zero attached hydrogens (tertiary/aromatic N) is 1. The van der Waals surface area contributed by atoms with E-state index in [1.807, 2.05) is 0 Å². The van der Waals surface area contributed by atoms with Gasteiger partial charge in [0.15, 0.2) is 5.96 Å². The van der Waals surface area contributed by atoms with Crippen molar-refractivity contribution in [1.29, 1.82) is 0 Å². The van der Waals surface area contributed by atoms with Crippen molar-refractivity contribution in [2.75, 3.05) is 26.2 Å². The number of rotatable bonds is 56. The third-order valence-corrected chi connectivity index (χ3v) is 18.7. The minimum Gasteiger partial charge on any atom is -0.508 e. The molecule has 2 aromatic carbocycles. The van der Waals surface area contributed by atoms with Gasteiger partial charge in [0.25, 0.3) is 0 Å². The second-order valence-electron chi connectivity index (χ2n) is 29.6. The Morgan fingerprint density at radius 1 is 0.413 bits per heavy atom. The molecular weight excluding hydrogens is 1590 g/mol. The summed E-state index contributed by atoms with van der Waals surface area (Å²) in [6.07, 6.45) is -9.31. The molecule has 0 aromatic heterocycles. The summed E-state index contributed by atoms with van der Waals surface area (Å²) in [5, 5.41) is 125. The van der Waals surface area contributed by atoms with E-state index in [-0.39, 0.29) is 55.4 Å². The summed E-state index contributed by atoms with van der Waals surface area (Å²) in [6.45, 7) is 10.2. The molecule has 676 valence electrons. The quantitative estimate of drug-likeness (QED) is 0.0166. The predicted molar refractivity (Wildman–Crippen MR) is 431 cm³/mol. The van der Waals surface area contributed by atoms with Crippen molar-refractivity contribution in [2.24, 2.45) is 39.8 Å². The minimum atomic E-state index is -2.05. The summed E-state index contributed by atoms with van der Waals surface area (Å²) in [5.41, 5.74) is 23.3. The van der Waals surface area contributed by atoms with Gasteiger partial charge in [-0.2, -0.15) is 0 Å². The Labute approximate surface area is 698 Å². The fourth-order valence-corrected chi connectivity index (χ4v) is 11.6. The highest BCUT2D eigenvalue weighted by molar-refractivity contribution is 6.01. The van der Waals surface area contributed by atoms with Gasteiger partial charge in [-0.1, -0.05) is 83.0 Å². The topological polar surface area (TPSA) is 757 Å². The first kappa shape index (κ1) is 105. The molecule has 14 amide bonds. The molecule has 0 spiro atoms. The van der Waals surface area contributed by atoms with E-state index in [0.717, 1.165) is 34.6 Å². The Morgan fingerprint density at radius 3 is 1.29 bits per heavy atom. The first-order valence-electron chi connectivity index (χ1n) is 39.3. The number of amides is 14. The SMILES string of the molecule is CC[C@H](C)[C@H](NC(=O)[C@@H](N)CCCCN)C(=O)N[C@@H](CC(C)C)C(=O)N[C@H](C(=O)N[C@@H](CCC(=O)O)C(=O)N[C@@H](CCCN=C(N)N)C(=O)NCC(=O)N[C@@H](Cc1ccc(O)cc1)C(=O)N[C@@H](CO)C(=O)N[C@@H](Cc1ccccc1)C(=O)N[C@H](C(=O)N[C@H](C(=O)N[C@H](C(=O)N[C@@H](C)C(=O)N[C@@H](CCC(=O)O)C(=O)O)[C@@H](C)O)[C@@H](C)O)[C@@H](C)O)[C@@H](C)O. The highest BCUT2D eigenvalue weighted by Crippen LogP contribution is 2.17. The van der Waals surface area contributed by atoms with E-state index in [0.29, 0.717) is 31.4 Å². The van der Waals surface area contributed by atoms with Crippen LogP contribution in [0.3, 0.4) is 0 Å². The first-order valence-corrected chi connectivity index (χ1v) is 39.3. The molecule has 0 saturated carbocycles. The van der Waals surface area contributed by atoms with Crippen LogP contribution in [0.1, 0.15) is 144 Å². The molecule has 2 rings (SSSR count). The Balaban J connectivity index is 2.49. The average molecular weight is 1720 g/mol. The lowest BCUT2D eigenvalue weighted by atomic mass is 9.96. The molecule has 0 saturated heterocycles. The molecule has 45 heteroatoms. The van der Waals surface area contributed by atoms with Crippen molar-refractivity contribution >= 4 is 107 Å². The summed E-state index contributed by atoms with van der Waals surface area (Å²) in [7, 11) is 0. The van der Waals surface area contributed by atoms with Crippen LogP contribution in [0.5, 0.6) is 5.75 Å². The van der Waals surface area contributed by atoms with Crippen LogP contribution in [-0.4, -0.2) is 288 Å². The number of unbranched alkanes of at least 4 members (excludes halogenated alkanes) is 1. The van der Waals surface area contributed by atoms with E-state index in [2.05, 4.69) is 79.4 Å². The molecule has 0 radical (unpaired) electrons. The number of carboxylic acid groups (broad SMARTS) is 3. The fourth-order valence-electron chi connectivity index (χ4n) is 11.6. The fraction of sp³-hybridized carbons (Fsp3) is 0.605. The molecular formula is C76H121N19O26. The zero-order valence-corrected chi connectivity index (χ0v) is 69.0. The van der Waals surface area contributed by atoms with Gasteiger partial charge in [-0.15, -0.1) is 0 Å². The van der Waals surface area contributed by atoms with Crippen LogP contribution in [0.2, 0.25) is 0 Å². The van der Waals surface area contributed by atoms with Gasteiger partial charge in [0.1, 0.15) is 84.3 Å². The van der Waals surface area contributed by atoms with Gasteiger partial charge in [0.05, 0.1) is 43.6 Å². The van der Waals surface area contributed by atoms with Crippen LogP contribution >= 0.6 is 0 Å². The van der Waals surface area contributed by atoms with Gasteiger partial charge in [-0.05, 0) is 121 Å². The normalized spacial score (nSPS) is 15.9. The molecule has 2 aromatic rings. The number of nitrogens with one attached hydrogen (secondary N) is 14. The second kappa shape index (κ2) is 53.7. The van der Waals surface area contributed by atoms with Crippen molar-refractivity contribution in [1.82, 2.24) is 74.4 Å². The number of carbonyl (C=O) groups excluding carboxylic acids is 14. The predicted octanol–water partition coefficient (Wildman–Crippen LogP) is -8.45. The van der Waals surface area contributed by atoms with Crippen molar-refractivity contribution in [3.63, 3.8) is 0 Å². The summed E-state index contributed by atoms with van der Waals surface area (Å²) in [6, 6.07) is -10.9. The lowest BCUT2D eigenvalue weighted by Gasteiger charge is -2.30. The van der Waals surface area contributed by atoms with E-state index >= 15 is 0 Å². The molecule has 0 aliphatic heterocycles.